The Morgan fingerprint density at radius 3 is 2.66 bits per heavy atom. The number of carbonyl (C=O) groups excluding carboxylic acids is 1. The SMILES string of the molecule is COc1ccc([C@@H]2C(C#N)=C(N)N(c3ccc(Br)cc3C)C3=C2C(=O)CC(C)(C)C3)cc1Cn1cc([N+](=O)[O-])cn1. The number of methoxy groups -OCH3 is 1. The lowest BCUT2D eigenvalue weighted by molar-refractivity contribution is -0.385. The van der Waals surface area contributed by atoms with Crippen molar-refractivity contribution in [3.63, 3.8) is 0 Å². The second-order valence-electron chi connectivity index (χ2n) is 11.1. The van der Waals surface area contributed by atoms with E-state index in [2.05, 4.69) is 40.9 Å². The standard InChI is InChI=1S/C30H29BrN6O4/c1-17-9-20(31)6-7-23(17)36-24-11-30(2,3)12-25(38)28(24)27(22(13-32)29(36)33)18-5-8-26(41-4)19(10-18)15-35-16-21(14-34-35)37(39)40/h5-10,14,16,27H,11-12,15,33H2,1-4H3/t27-/m1/s1. The van der Waals surface area contributed by atoms with Gasteiger partial charge in [0, 0.05) is 27.7 Å². The molecule has 0 saturated heterocycles. The highest BCUT2D eigenvalue weighted by molar-refractivity contribution is 9.10. The van der Waals surface area contributed by atoms with Crippen LogP contribution in [0.3, 0.4) is 0 Å². The summed E-state index contributed by atoms with van der Waals surface area (Å²) in [4.78, 5) is 26.4. The number of rotatable bonds is 6. The van der Waals surface area contributed by atoms with Crippen molar-refractivity contribution >= 4 is 33.1 Å². The number of halogens is 1. The number of nitrogens with zero attached hydrogens (tertiary/aromatic N) is 5. The van der Waals surface area contributed by atoms with E-state index in [4.69, 9.17) is 10.5 Å². The summed E-state index contributed by atoms with van der Waals surface area (Å²) in [7, 11) is 1.54. The number of nitrogens with two attached hydrogens (primary N) is 1. The predicted octanol–water partition coefficient (Wildman–Crippen LogP) is 5.86. The summed E-state index contributed by atoms with van der Waals surface area (Å²) in [5.74, 6) is 0.131. The topological polar surface area (TPSA) is 140 Å². The molecular formula is C30H29BrN6O4. The van der Waals surface area contributed by atoms with Crippen LogP contribution >= 0.6 is 15.9 Å². The van der Waals surface area contributed by atoms with Crippen molar-refractivity contribution in [3.05, 3.63) is 103 Å². The molecule has 41 heavy (non-hydrogen) atoms. The van der Waals surface area contributed by atoms with E-state index in [1.165, 1.54) is 24.2 Å². The maximum atomic E-state index is 13.9. The van der Waals surface area contributed by atoms with E-state index in [1.54, 1.807) is 6.07 Å². The van der Waals surface area contributed by atoms with Crippen molar-refractivity contribution in [3.8, 4) is 11.8 Å². The van der Waals surface area contributed by atoms with E-state index in [0.717, 1.165) is 21.4 Å². The van der Waals surface area contributed by atoms with Gasteiger partial charge in [-0.2, -0.15) is 10.4 Å². The predicted molar refractivity (Wildman–Crippen MR) is 157 cm³/mol. The highest BCUT2D eigenvalue weighted by Crippen LogP contribution is 2.51. The monoisotopic (exact) mass is 616 g/mol. The van der Waals surface area contributed by atoms with E-state index >= 15 is 0 Å². The van der Waals surface area contributed by atoms with Crippen LogP contribution in [-0.4, -0.2) is 27.6 Å². The van der Waals surface area contributed by atoms with Crippen molar-refractivity contribution in [1.29, 1.82) is 5.26 Å². The lowest BCUT2D eigenvalue weighted by Gasteiger charge is -2.44. The highest BCUT2D eigenvalue weighted by atomic mass is 79.9. The Morgan fingerprint density at radius 2 is 2.02 bits per heavy atom. The van der Waals surface area contributed by atoms with Crippen LogP contribution < -0.4 is 15.4 Å². The maximum Gasteiger partial charge on any atom is 0.307 e. The van der Waals surface area contributed by atoms with Crippen molar-refractivity contribution < 1.29 is 14.5 Å². The molecule has 1 aliphatic carbocycles. The van der Waals surface area contributed by atoms with Crippen LogP contribution in [0, 0.1) is 33.8 Å². The molecule has 2 N–H and O–H groups in total. The first-order valence-corrected chi connectivity index (χ1v) is 13.8. The summed E-state index contributed by atoms with van der Waals surface area (Å²) in [5.41, 5.74) is 11.2. The van der Waals surface area contributed by atoms with Crippen LogP contribution in [-0.2, 0) is 11.3 Å². The van der Waals surface area contributed by atoms with Crippen molar-refractivity contribution in [2.75, 3.05) is 12.0 Å². The number of hydrogen-bond donors (Lipinski definition) is 1. The molecule has 0 saturated carbocycles. The van der Waals surface area contributed by atoms with Crippen molar-refractivity contribution in [1.82, 2.24) is 9.78 Å². The minimum atomic E-state index is -0.679. The fourth-order valence-corrected chi connectivity index (χ4v) is 6.27. The van der Waals surface area contributed by atoms with Gasteiger partial charge in [0.2, 0.25) is 0 Å². The molecule has 3 aromatic rings. The number of benzene rings is 2. The molecule has 1 aromatic heterocycles. The largest absolute Gasteiger partial charge is 0.496 e. The average molecular weight is 618 g/mol. The Balaban J connectivity index is 1.69. The Morgan fingerprint density at radius 1 is 1.27 bits per heavy atom. The van der Waals surface area contributed by atoms with Gasteiger partial charge in [0.05, 0.1) is 41.8 Å². The second-order valence-corrected chi connectivity index (χ2v) is 12.1. The summed E-state index contributed by atoms with van der Waals surface area (Å²) < 4.78 is 7.94. The minimum absolute atomic E-state index is 0.0265. The Hall–Kier alpha value is -4.43. The number of Topliss-reactive ketones (excluding diaryl/α,β-unsaturated/α-hetero) is 1. The summed E-state index contributed by atoms with van der Waals surface area (Å²) in [6, 6.07) is 13.6. The Bertz CT molecular complexity index is 1700. The number of nitro groups is 1. The van der Waals surface area contributed by atoms with Crippen molar-refractivity contribution in [2.45, 2.75) is 46.1 Å². The van der Waals surface area contributed by atoms with Crippen LogP contribution in [0.4, 0.5) is 11.4 Å². The molecule has 10 nitrogen and oxygen atoms in total. The van der Waals surface area contributed by atoms with E-state index in [9.17, 15) is 20.2 Å². The number of ether oxygens (including phenoxy) is 1. The maximum absolute atomic E-state index is 13.9. The Kier molecular flexibility index (Phi) is 7.21. The first kappa shape index (κ1) is 28.1. The van der Waals surface area contributed by atoms with Gasteiger partial charge < -0.3 is 10.5 Å². The number of aromatic nitrogens is 2. The molecule has 5 rings (SSSR count). The second kappa shape index (κ2) is 10.5. The molecule has 0 fully saturated rings. The first-order valence-electron chi connectivity index (χ1n) is 13.0. The van der Waals surface area contributed by atoms with Crippen LogP contribution in [0.15, 0.2) is 75.9 Å². The molecule has 1 atom stereocenters. The van der Waals surface area contributed by atoms with Crippen LogP contribution in [0.5, 0.6) is 5.75 Å². The number of hydrogen-bond acceptors (Lipinski definition) is 8. The molecule has 2 aromatic carbocycles. The van der Waals surface area contributed by atoms with Gasteiger partial charge >= 0.3 is 5.69 Å². The van der Waals surface area contributed by atoms with Gasteiger partial charge in [0.15, 0.2) is 5.78 Å². The molecule has 0 bridgehead atoms. The van der Waals surface area contributed by atoms with Gasteiger partial charge in [-0.15, -0.1) is 0 Å². The van der Waals surface area contributed by atoms with Crippen LogP contribution in [0.1, 0.15) is 49.3 Å². The van der Waals surface area contributed by atoms with Gasteiger partial charge in [0.1, 0.15) is 24.0 Å². The van der Waals surface area contributed by atoms with Gasteiger partial charge in [-0.3, -0.25) is 24.5 Å². The van der Waals surface area contributed by atoms with Gasteiger partial charge in [-0.1, -0.05) is 35.8 Å². The smallest absolute Gasteiger partial charge is 0.307 e. The molecule has 11 heteroatoms. The molecule has 2 aliphatic rings. The third kappa shape index (κ3) is 5.11. The minimum Gasteiger partial charge on any atom is -0.496 e. The number of nitriles is 1. The molecule has 210 valence electrons. The van der Waals surface area contributed by atoms with Gasteiger partial charge in [0.25, 0.3) is 0 Å². The average Bonchev–Trinajstić information content (AvgIpc) is 3.37. The molecule has 2 heterocycles. The van der Waals surface area contributed by atoms with E-state index < -0.39 is 10.8 Å². The lowest BCUT2D eigenvalue weighted by Crippen LogP contribution is -2.42. The third-order valence-corrected chi connectivity index (χ3v) is 8.07. The quantitative estimate of drug-likeness (QED) is 0.268. The van der Waals surface area contributed by atoms with Gasteiger partial charge in [-0.05, 0) is 60.2 Å². The summed E-state index contributed by atoms with van der Waals surface area (Å²) in [6.07, 6.45) is 3.47. The normalized spacial score (nSPS) is 18.3. The van der Waals surface area contributed by atoms with E-state index in [1.807, 2.05) is 42.2 Å². The zero-order valence-electron chi connectivity index (χ0n) is 23.1. The zero-order valence-corrected chi connectivity index (χ0v) is 24.7. The zero-order chi connectivity index (χ0) is 29.6. The highest BCUT2D eigenvalue weighted by Gasteiger charge is 2.45. The number of carbonyl (C=O) groups is 1. The Labute approximate surface area is 246 Å². The number of anilines is 1. The molecule has 0 radical (unpaired) electrons. The fraction of sp³-hybridized carbons (Fsp3) is 0.300. The summed E-state index contributed by atoms with van der Waals surface area (Å²) in [5, 5.41) is 25.7. The third-order valence-electron chi connectivity index (χ3n) is 7.58. The first-order chi connectivity index (χ1) is 19.4. The fourth-order valence-electron chi connectivity index (χ4n) is 5.80. The number of aryl methyl sites for hydroxylation is 1. The number of allylic oxidation sites excluding steroid dienone is 3. The summed E-state index contributed by atoms with van der Waals surface area (Å²) >= 11 is 3.52. The van der Waals surface area contributed by atoms with E-state index in [0.29, 0.717) is 35.3 Å². The number of ketones is 1. The van der Waals surface area contributed by atoms with Crippen LogP contribution in [0.25, 0.3) is 0 Å². The van der Waals surface area contributed by atoms with Crippen molar-refractivity contribution in [2.24, 2.45) is 11.1 Å². The molecular weight excluding hydrogens is 588 g/mol. The van der Waals surface area contributed by atoms with E-state index in [-0.39, 0.29) is 34.8 Å². The molecule has 0 amide bonds. The summed E-state index contributed by atoms with van der Waals surface area (Å²) in [6.45, 7) is 6.28. The van der Waals surface area contributed by atoms with Crippen LogP contribution in [0.2, 0.25) is 0 Å². The molecule has 0 unspecified atom stereocenters. The lowest BCUT2D eigenvalue weighted by atomic mass is 9.68. The van der Waals surface area contributed by atoms with Gasteiger partial charge in [-0.25, -0.2) is 0 Å². The molecule has 0 spiro atoms. The molecule has 1 aliphatic heterocycles.